The number of hydrogen-bond donors (Lipinski definition) is 0. The number of rotatable bonds is 8. The maximum Gasteiger partial charge on any atom is 0.416 e. The van der Waals surface area contributed by atoms with Crippen molar-refractivity contribution < 1.29 is 22.0 Å². The van der Waals surface area contributed by atoms with Gasteiger partial charge in [0.2, 0.25) is 0 Å². The van der Waals surface area contributed by atoms with Gasteiger partial charge in [0.25, 0.3) is 0 Å². The normalized spacial score (nSPS) is 12.3. The molecule has 0 fully saturated rings. The molecule has 0 atom stereocenters. The van der Waals surface area contributed by atoms with Crippen LogP contribution in [0.3, 0.4) is 0 Å². The van der Waals surface area contributed by atoms with E-state index in [4.69, 9.17) is 8.83 Å². The molecule has 9 aromatic carbocycles. The van der Waals surface area contributed by atoms with Crippen molar-refractivity contribution in [3.05, 3.63) is 192 Å². The summed E-state index contributed by atoms with van der Waals surface area (Å²) in [5, 5.41) is 8.06. The van der Waals surface area contributed by atoms with Crippen LogP contribution in [0.1, 0.15) is 61.8 Å². The van der Waals surface area contributed by atoms with Gasteiger partial charge in [-0.2, -0.15) is 13.2 Å². The van der Waals surface area contributed by atoms with Gasteiger partial charge in [0.1, 0.15) is 22.3 Å². The van der Waals surface area contributed by atoms with Gasteiger partial charge >= 0.3 is 6.18 Å². The Morgan fingerprint density at radius 2 is 0.708 bits per heavy atom. The summed E-state index contributed by atoms with van der Waals surface area (Å²) in [5.41, 5.74) is 11.6. The topological polar surface area (TPSA) is 32.8 Å². The van der Waals surface area contributed by atoms with E-state index < -0.39 is 11.7 Å². The highest BCUT2D eigenvalue weighted by molar-refractivity contribution is 6.18. The van der Waals surface area contributed by atoms with Crippen LogP contribution in [0.25, 0.3) is 65.4 Å². The van der Waals surface area contributed by atoms with Gasteiger partial charge in [-0.25, -0.2) is 0 Å². The van der Waals surface area contributed by atoms with E-state index in [1.165, 1.54) is 28.8 Å². The molecule has 65 heavy (non-hydrogen) atoms. The lowest BCUT2D eigenvalue weighted by Gasteiger charge is -2.26. The summed E-state index contributed by atoms with van der Waals surface area (Å²) in [4.78, 5) is 4.29. The van der Waals surface area contributed by atoms with E-state index >= 15 is 0 Å². The Balaban J connectivity index is 0.976. The van der Waals surface area contributed by atoms with E-state index in [-0.39, 0.29) is 0 Å². The molecule has 4 nitrogen and oxygen atoms in total. The number of nitrogens with zero attached hydrogens (tertiary/aromatic N) is 2. The number of hydrogen-bond acceptors (Lipinski definition) is 4. The number of anilines is 6. The predicted octanol–water partition coefficient (Wildman–Crippen LogP) is 18.3. The average molecular weight is 859 g/mol. The molecule has 0 radical (unpaired) electrons. The van der Waals surface area contributed by atoms with Crippen LogP contribution in [0, 0.1) is 6.92 Å². The SMILES string of the molecule is Cc1ccc(N(c2ccc(C(C)C)cc2)c2ccc3cc4c(cc3c2)oc2cc3c(cc24)oc2cc4cc(N(c5ccc(C(C)C)cc5)c5ccc(C(F)(F)F)cc5)ccc4cc23)cc1. The van der Waals surface area contributed by atoms with E-state index in [2.05, 4.69) is 161 Å². The third-order valence-corrected chi connectivity index (χ3v) is 12.8. The van der Waals surface area contributed by atoms with Gasteiger partial charge in [0, 0.05) is 55.7 Å². The van der Waals surface area contributed by atoms with Gasteiger partial charge < -0.3 is 18.6 Å². The first-order valence-corrected chi connectivity index (χ1v) is 22.1. The predicted molar refractivity (Wildman–Crippen MR) is 263 cm³/mol. The number of aryl methyl sites for hydroxylation is 1. The maximum absolute atomic E-state index is 13.6. The zero-order valence-electron chi connectivity index (χ0n) is 36.7. The van der Waals surface area contributed by atoms with Gasteiger partial charge in [-0.05, 0) is 173 Å². The molecule has 320 valence electrons. The van der Waals surface area contributed by atoms with Crippen molar-refractivity contribution in [2.75, 3.05) is 9.80 Å². The Hall–Kier alpha value is -7.51. The number of benzene rings is 9. The molecule has 0 aliphatic rings. The van der Waals surface area contributed by atoms with E-state index in [1.807, 2.05) is 29.2 Å². The third kappa shape index (κ3) is 7.21. The van der Waals surface area contributed by atoms with Crippen molar-refractivity contribution in [1.82, 2.24) is 0 Å². The monoisotopic (exact) mass is 858 g/mol. The standard InChI is InChI=1S/C58H45F3N2O2/c1-34(2)37-8-18-45(19-9-37)62(44-16-6-36(5)7-17-44)48-22-12-39-28-50-52-32-57-53(33-56(52)64-54(50)30-41(39)26-48)51-29-40-13-23-49(27-42(40)31-55(51)65-57)63(46-20-10-38(11-21-46)35(3)4)47-24-14-43(15-25-47)58(59,60)61/h6-35H,1-5H3. The average Bonchev–Trinajstić information content (AvgIpc) is 3.83. The van der Waals surface area contributed by atoms with Crippen LogP contribution in [-0.2, 0) is 6.18 Å². The molecule has 0 aliphatic heterocycles. The van der Waals surface area contributed by atoms with Crippen LogP contribution < -0.4 is 9.80 Å². The smallest absolute Gasteiger partial charge is 0.416 e. The lowest BCUT2D eigenvalue weighted by Crippen LogP contribution is -2.11. The summed E-state index contributed by atoms with van der Waals surface area (Å²) in [6.45, 7) is 10.8. The minimum atomic E-state index is -4.43. The molecule has 7 heteroatoms. The molecule has 0 saturated carbocycles. The molecule has 2 aromatic heterocycles. The van der Waals surface area contributed by atoms with Crippen molar-refractivity contribution >= 4 is 99.5 Å². The van der Waals surface area contributed by atoms with Gasteiger partial charge in [-0.15, -0.1) is 0 Å². The molecule has 0 unspecified atom stereocenters. The summed E-state index contributed by atoms with van der Waals surface area (Å²) in [6, 6.07) is 56.4. The van der Waals surface area contributed by atoms with Crippen LogP contribution in [0.2, 0.25) is 0 Å². The van der Waals surface area contributed by atoms with Gasteiger partial charge in [-0.1, -0.05) is 81.8 Å². The second kappa shape index (κ2) is 15.3. The zero-order chi connectivity index (χ0) is 44.7. The lowest BCUT2D eigenvalue weighted by molar-refractivity contribution is -0.137. The fraction of sp³-hybridized carbons (Fsp3) is 0.138. The first-order valence-electron chi connectivity index (χ1n) is 22.1. The Labute approximate surface area is 374 Å². The quantitative estimate of drug-likeness (QED) is 0.152. The van der Waals surface area contributed by atoms with Crippen LogP contribution in [0.15, 0.2) is 179 Å². The second-order valence-corrected chi connectivity index (χ2v) is 17.9. The second-order valence-electron chi connectivity index (χ2n) is 17.9. The third-order valence-electron chi connectivity index (χ3n) is 12.8. The number of halogens is 3. The fourth-order valence-electron chi connectivity index (χ4n) is 9.19. The molecule has 0 N–H and O–H groups in total. The highest BCUT2D eigenvalue weighted by Gasteiger charge is 2.30. The molecule has 2 heterocycles. The summed E-state index contributed by atoms with van der Waals surface area (Å²) in [7, 11) is 0. The molecule has 0 spiro atoms. The van der Waals surface area contributed by atoms with Crippen molar-refractivity contribution in [1.29, 1.82) is 0 Å². The van der Waals surface area contributed by atoms with E-state index in [9.17, 15) is 13.2 Å². The Bertz CT molecular complexity index is 3580. The van der Waals surface area contributed by atoms with Gasteiger partial charge in [0.15, 0.2) is 0 Å². The summed E-state index contributed by atoms with van der Waals surface area (Å²) < 4.78 is 54.0. The van der Waals surface area contributed by atoms with E-state index in [0.29, 0.717) is 17.5 Å². The molecule has 0 amide bonds. The van der Waals surface area contributed by atoms with Gasteiger partial charge in [-0.3, -0.25) is 0 Å². The maximum atomic E-state index is 13.6. The molecular weight excluding hydrogens is 814 g/mol. The molecular formula is C58H45F3N2O2. The fourth-order valence-corrected chi connectivity index (χ4v) is 9.19. The highest BCUT2D eigenvalue weighted by atomic mass is 19.4. The van der Waals surface area contributed by atoms with Crippen LogP contribution in [0.5, 0.6) is 0 Å². The van der Waals surface area contributed by atoms with Crippen molar-refractivity contribution in [2.45, 2.75) is 52.6 Å². The first-order chi connectivity index (χ1) is 31.3. The van der Waals surface area contributed by atoms with E-state index in [0.717, 1.165) is 106 Å². The van der Waals surface area contributed by atoms with Crippen LogP contribution >= 0.6 is 0 Å². The Morgan fingerprint density at radius 1 is 0.369 bits per heavy atom. The minimum Gasteiger partial charge on any atom is -0.456 e. The van der Waals surface area contributed by atoms with Crippen molar-refractivity contribution in [3.63, 3.8) is 0 Å². The zero-order valence-corrected chi connectivity index (χ0v) is 36.7. The minimum absolute atomic E-state index is 0.340. The van der Waals surface area contributed by atoms with Crippen molar-refractivity contribution in [3.8, 4) is 0 Å². The summed E-state index contributed by atoms with van der Waals surface area (Å²) >= 11 is 0. The Kier molecular flexibility index (Phi) is 9.50. The molecule has 11 rings (SSSR count). The first kappa shape index (κ1) is 40.3. The molecule has 0 aliphatic carbocycles. The molecule has 0 bridgehead atoms. The number of furan rings is 2. The van der Waals surface area contributed by atoms with Crippen LogP contribution in [0.4, 0.5) is 47.3 Å². The number of alkyl halides is 3. The van der Waals surface area contributed by atoms with E-state index in [1.54, 1.807) is 0 Å². The summed E-state index contributed by atoms with van der Waals surface area (Å²) in [6.07, 6.45) is -4.43. The molecule has 0 saturated heterocycles. The van der Waals surface area contributed by atoms with Gasteiger partial charge in [0.05, 0.1) is 5.56 Å². The highest BCUT2D eigenvalue weighted by Crippen LogP contribution is 2.43. The largest absolute Gasteiger partial charge is 0.456 e. The lowest BCUT2D eigenvalue weighted by atomic mass is 10.0. The van der Waals surface area contributed by atoms with Crippen molar-refractivity contribution in [2.24, 2.45) is 0 Å². The molecule has 11 aromatic rings. The van der Waals surface area contributed by atoms with Crippen LogP contribution in [-0.4, -0.2) is 0 Å². The number of fused-ring (bicyclic) bond motifs is 8. The Morgan fingerprint density at radius 3 is 1.09 bits per heavy atom. The summed E-state index contributed by atoms with van der Waals surface area (Å²) in [5.74, 6) is 0.788.